The lowest BCUT2D eigenvalue weighted by molar-refractivity contribution is 0.614. The van der Waals surface area contributed by atoms with Crippen LogP contribution in [0.15, 0.2) is 53.3 Å². The van der Waals surface area contributed by atoms with E-state index in [2.05, 4.69) is 4.98 Å². The first kappa shape index (κ1) is 9.09. The third kappa shape index (κ3) is 1.46. The van der Waals surface area contributed by atoms with Gasteiger partial charge in [0.2, 0.25) is 0 Å². The summed E-state index contributed by atoms with van der Waals surface area (Å²) in [5.74, 6) is -0.242. The van der Waals surface area contributed by atoms with E-state index in [1.807, 2.05) is 12.1 Å². The van der Waals surface area contributed by atoms with Crippen LogP contribution >= 0.6 is 0 Å². The van der Waals surface area contributed by atoms with Gasteiger partial charge in [-0.15, -0.1) is 0 Å². The molecule has 3 heteroatoms. The van der Waals surface area contributed by atoms with Gasteiger partial charge in [-0.1, -0.05) is 0 Å². The Bertz CT molecular complexity index is 628. The summed E-state index contributed by atoms with van der Waals surface area (Å²) in [4.78, 5) is 4.26. The predicted octanol–water partition coefficient (Wildman–Crippen LogP) is 3.63. The molecule has 3 aromatic rings. The summed E-state index contributed by atoms with van der Waals surface area (Å²) >= 11 is 0. The highest BCUT2D eigenvalue weighted by Gasteiger charge is 2.02. The molecule has 0 unspecified atom stereocenters. The molecule has 0 aliphatic rings. The molecule has 0 amide bonds. The smallest absolute Gasteiger partial charge is 0.152 e. The molecule has 1 aromatic carbocycles. The second-order valence-electron chi connectivity index (χ2n) is 3.53. The van der Waals surface area contributed by atoms with Crippen LogP contribution in [0.1, 0.15) is 0 Å². The molecule has 0 atom stereocenters. The van der Waals surface area contributed by atoms with Gasteiger partial charge in [0, 0.05) is 10.9 Å². The molecular weight excluding hydrogens is 205 g/mol. The fourth-order valence-corrected chi connectivity index (χ4v) is 1.65. The molecule has 0 saturated carbocycles. The summed E-state index contributed by atoms with van der Waals surface area (Å²) in [6, 6.07) is 10.1. The Labute approximate surface area is 91.3 Å². The highest BCUT2D eigenvalue weighted by Crippen LogP contribution is 2.22. The average Bonchev–Trinajstić information content (AvgIpc) is 2.77. The highest BCUT2D eigenvalue weighted by molar-refractivity contribution is 5.80. The Morgan fingerprint density at radius 2 is 1.88 bits per heavy atom. The lowest BCUT2D eigenvalue weighted by atomic mass is 10.1. The van der Waals surface area contributed by atoms with E-state index in [1.54, 1.807) is 24.6 Å². The molecule has 0 radical (unpaired) electrons. The third-order valence-electron chi connectivity index (χ3n) is 2.48. The Kier molecular flexibility index (Phi) is 1.96. The van der Waals surface area contributed by atoms with Gasteiger partial charge in [-0.3, -0.25) is 4.98 Å². The van der Waals surface area contributed by atoms with Crippen LogP contribution < -0.4 is 0 Å². The summed E-state index contributed by atoms with van der Waals surface area (Å²) in [5.41, 5.74) is 2.46. The summed E-state index contributed by atoms with van der Waals surface area (Å²) < 4.78 is 18.0. The second kappa shape index (κ2) is 3.45. The topological polar surface area (TPSA) is 26.0 Å². The Balaban J connectivity index is 2.14. The average molecular weight is 213 g/mol. The molecule has 0 aliphatic carbocycles. The van der Waals surface area contributed by atoms with Crippen LogP contribution in [0.3, 0.4) is 0 Å². The van der Waals surface area contributed by atoms with Crippen LogP contribution in [0, 0.1) is 5.82 Å². The van der Waals surface area contributed by atoms with Gasteiger partial charge in [0.15, 0.2) is 5.58 Å². The number of hydrogen-bond acceptors (Lipinski definition) is 2. The van der Waals surface area contributed by atoms with Gasteiger partial charge in [0.1, 0.15) is 5.82 Å². The van der Waals surface area contributed by atoms with E-state index in [9.17, 15) is 4.39 Å². The predicted molar refractivity (Wildman–Crippen MR) is 59.4 cm³/mol. The SMILES string of the molecule is Fc1ccc(-c2cc3ccoc3cn2)cc1. The van der Waals surface area contributed by atoms with Crippen molar-refractivity contribution < 1.29 is 8.81 Å². The van der Waals surface area contributed by atoms with Crippen LogP contribution in [-0.4, -0.2) is 4.98 Å². The number of halogens is 1. The number of furan rings is 1. The van der Waals surface area contributed by atoms with Gasteiger partial charge in [-0.2, -0.15) is 0 Å². The van der Waals surface area contributed by atoms with E-state index >= 15 is 0 Å². The minimum atomic E-state index is -0.242. The zero-order chi connectivity index (χ0) is 11.0. The van der Waals surface area contributed by atoms with Crippen molar-refractivity contribution in [3.05, 3.63) is 54.7 Å². The molecule has 16 heavy (non-hydrogen) atoms. The third-order valence-corrected chi connectivity index (χ3v) is 2.48. The van der Waals surface area contributed by atoms with Gasteiger partial charge in [-0.05, 0) is 36.4 Å². The zero-order valence-electron chi connectivity index (χ0n) is 8.35. The quantitative estimate of drug-likeness (QED) is 0.616. The first-order chi connectivity index (χ1) is 7.83. The Morgan fingerprint density at radius 3 is 2.69 bits per heavy atom. The first-order valence-corrected chi connectivity index (χ1v) is 4.92. The van der Waals surface area contributed by atoms with Gasteiger partial charge in [-0.25, -0.2) is 4.39 Å². The fourth-order valence-electron chi connectivity index (χ4n) is 1.65. The van der Waals surface area contributed by atoms with Crippen molar-refractivity contribution in [3.63, 3.8) is 0 Å². The van der Waals surface area contributed by atoms with Gasteiger partial charge in [0.25, 0.3) is 0 Å². The first-order valence-electron chi connectivity index (χ1n) is 4.92. The standard InChI is InChI=1S/C13H8FNO/c14-11-3-1-9(2-4-11)12-7-10-5-6-16-13(10)8-15-12/h1-8H. The van der Waals surface area contributed by atoms with E-state index in [-0.39, 0.29) is 5.82 Å². The number of fused-ring (bicyclic) bond motifs is 1. The summed E-state index contributed by atoms with van der Waals surface area (Å²) in [6.45, 7) is 0. The van der Waals surface area contributed by atoms with E-state index in [0.29, 0.717) is 0 Å². The van der Waals surface area contributed by atoms with Crippen molar-refractivity contribution in [3.8, 4) is 11.3 Å². The van der Waals surface area contributed by atoms with Crippen molar-refractivity contribution in [2.75, 3.05) is 0 Å². The number of nitrogens with zero attached hydrogens (tertiary/aromatic N) is 1. The van der Waals surface area contributed by atoms with E-state index in [4.69, 9.17) is 4.42 Å². The maximum absolute atomic E-state index is 12.8. The van der Waals surface area contributed by atoms with E-state index in [1.165, 1.54) is 12.1 Å². The van der Waals surface area contributed by atoms with Crippen LogP contribution in [0.25, 0.3) is 22.2 Å². The van der Waals surface area contributed by atoms with Gasteiger partial charge >= 0.3 is 0 Å². The normalized spacial score (nSPS) is 10.8. The molecule has 0 saturated heterocycles. The molecule has 2 aromatic heterocycles. The fraction of sp³-hybridized carbons (Fsp3) is 0. The molecule has 0 fully saturated rings. The van der Waals surface area contributed by atoms with Crippen molar-refractivity contribution in [2.24, 2.45) is 0 Å². The Morgan fingerprint density at radius 1 is 1.06 bits per heavy atom. The molecule has 78 valence electrons. The molecule has 2 heterocycles. The van der Waals surface area contributed by atoms with Crippen LogP contribution in [-0.2, 0) is 0 Å². The number of benzene rings is 1. The maximum atomic E-state index is 12.8. The van der Waals surface area contributed by atoms with Crippen molar-refractivity contribution in [2.45, 2.75) is 0 Å². The van der Waals surface area contributed by atoms with Crippen molar-refractivity contribution >= 4 is 11.0 Å². The van der Waals surface area contributed by atoms with Gasteiger partial charge < -0.3 is 4.42 Å². The molecule has 0 N–H and O–H groups in total. The molecule has 2 nitrogen and oxygen atoms in total. The molecule has 0 spiro atoms. The van der Waals surface area contributed by atoms with Crippen LogP contribution in [0.4, 0.5) is 4.39 Å². The largest absolute Gasteiger partial charge is 0.463 e. The summed E-state index contributed by atoms with van der Waals surface area (Å²) in [5, 5.41) is 0.995. The minimum Gasteiger partial charge on any atom is -0.463 e. The molecule has 3 rings (SSSR count). The number of pyridine rings is 1. The minimum absolute atomic E-state index is 0.242. The molecule has 0 bridgehead atoms. The van der Waals surface area contributed by atoms with Crippen LogP contribution in [0.2, 0.25) is 0 Å². The number of aromatic nitrogens is 1. The maximum Gasteiger partial charge on any atom is 0.152 e. The monoisotopic (exact) mass is 213 g/mol. The van der Waals surface area contributed by atoms with Crippen molar-refractivity contribution in [1.29, 1.82) is 0 Å². The number of rotatable bonds is 1. The lowest BCUT2D eigenvalue weighted by Crippen LogP contribution is -1.83. The number of hydrogen-bond donors (Lipinski definition) is 0. The van der Waals surface area contributed by atoms with Crippen molar-refractivity contribution in [1.82, 2.24) is 4.98 Å². The van der Waals surface area contributed by atoms with E-state index in [0.717, 1.165) is 22.2 Å². The van der Waals surface area contributed by atoms with Crippen LogP contribution in [0.5, 0.6) is 0 Å². The Hall–Kier alpha value is -2.16. The van der Waals surface area contributed by atoms with E-state index < -0.39 is 0 Å². The van der Waals surface area contributed by atoms with Gasteiger partial charge in [0.05, 0.1) is 18.2 Å². The highest BCUT2D eigenvalue weighted by atomic mass is 19.1. The molecule has 0 aliphatic heterocycles. The molecular formula is C13H8FNO. The second-order valence-corrected chi connectivity index (χ2v) is 3.53. The lowest BCUT2D eigenvalue weighted by Gasteiger charge is -2.00. The summed E-state index contributed by atoms with van der Waals surface area (Å²) in [7, 11) is 0. The summed E-state index contributed by atoms with van der Waals surface area (Å²) in [6.07, 6.45) is 3.30. The zero-order valence-corrected chi connectivity index (χ0v) is 8.35.